The zero-order chi connectivity index (χ0) is 19.6. The van der Waals surface area contributed by atoms with E-state index in [-0.39, 0.29) is 5.02 Å². The molecule has 0 saturated heterocycles. The Morgan fingerprint density at radius 3 is 2.48 bits per heavy atom. The number of benzene rings is 2. The van der Waals surface area contributed by atoms with Crippen molar-refractivity contribution in [3.63, 3.8) is 0 Å². The standard InChI is InChI=1S/C20H18ClFN2O2S/c1-20(2,3)26-19(25)24-18-23-16(13-9-10-15(22)14(21)11-13)17(27-18)12-7-5-4-6-8-12/h4-11H,1-3H3,(H,23,24,25). The third kappa shape index (κ3) is 4.84. The lowest BCUT2D eigenvalue weighted by atomic mass is 10.1. The van der Waals surface area contributed by atoms with Crippen LogP contribution in [0.4, 0.5) is 14.3 Å². The van der Waals surface area contributed by atoms with Gasteiger partial charge in [0, 0.05) is 5.56 Å². The van der Waals surface area contributed by atoms with Crippen LogP contribution in [0, 0.1) is 5.82 Å². The summed E-state index contributed by atoms with van der Waals surface area (Å²) >= 11 is 7.25. The first-order valence-corrected chi connectivity index (χ1v) is 9.44. The van der Waals surface area contributed by atoms with Gasteiger partial charge in [-0.3, -0.25) is 5.32 Å². The van der Waals surface area contributed by atoms with E-state index in [1.165, 1.54) is 23.5 Å². The van der Waals surface area contributed by atoms with Gasteiger partial charge < -0.3 is 4.74 Å². The number of nitrogens with one attached hydrogen (secondary N) is 1. The summed E-state index contributed by atoms with van der Waals surface area (Å²) in [7, 11) is 0. The fourth-order valence-corrected chi connectivity index (χ4v) is 3.55. The first kappa shape index (κ1) is 19.3. The summed E-state index contributed by atoms with van der Waals surface area (Å²) in [6, 6.07) is 14.1. The number of hydrogen-bond donors (Lipinski definition) is 1. The number of ether oxygens (including phenoxy) is 1. The highest BCUT2D eigenvalue weighted by Gasteiger charge is 2.20. The molecular formula is C20H18ClFN2O2S. The molecule has 0 aliphatic heterocycles. The number of aromatic nitrogens is 1. The molecule has 3 aromatic rings. The first-order chi connectivity index (χ1) is 12.7. The maximum absolute atomic E-state index is 13.5. The summed E-state index contributed by atoms with van der Waals surface area (Å²) in [5.41, 5.74) is 1.59. The van der Waals surface area contributed by atoms with Gasteiger partial charge in [0.15, 0.2) is 5.13 Å². The predicted octanol–water partition coefficient (Wildman–Crippen LogP) is 6.62. The number of halogens is 2. The van der Waals surface area contributed by atoms with Crippen molar-refractivity contribution in [2.24, 2.45) is 0 Å². The molecule has 0 aliphatic carbocycles. The second-order valence-electron chi connectivity index (χ2n) is 6.82. The van der Waals surface area contributed by atoms with Crippen LogP contribution in [0.2, 0.25) is 5.02 Å². The quantitative estimate of drug-likeness (QED) is 0.533. The van der Waals surface area contributed by atoms with Crippen molar-refractivity contribution in [3.05, 3.63) is 59.4 Å². The van der Waals surface area contributed by atoms with E-state index in [4.69, 9.17) is 16.3 Å². The molecule has 1 aromatic heterocycles. The number of thiazole rings is 1. The highest BCUT2D eigenvalue weighted by atomic mass is 35.5. The second-order valence-corrected chi connectivity index (χ2v) is 8.22. The molecule has 4 nitrogen and oxygen atoms in total. The van der Waals surface area contributed by atoms with E-state index in [1.54, 1.807) is 26.8 Å². The molecule has 7 heteroatoms. The molecule has 3 rings (SSSR count). The van der Waals surface area contributed by atoms with Gasteiger partial charge >= 0.3 is 6.09 Å². The summed E-state index contributed by atoms with van der Waals surface area (Å²) in [6.45, 7) is 5.36. The van der Waals surface area contributed by atoms with Crippen molar-refractivity contribution in [2.45, 2.75) is 26.4 Å². The fourth-order valence-electron chi connectivity index (χ4n) is 2.39. The second kappa shape index (κ2) is 7.66. The van der Waals surface area contributed by atoms with Gasteiger partial charge in [0.05, 0.1) is 15.6 Å². The topological polar surface area (TPSA) is 51.2 Å². The van der Waals surface area contributed by atoms with Gasteiger partial charge in [-0.15, -0.1) is 0 Å². The van der Waals surface area contributed by atoms with E-state index in [2.05, 4.69) is 10.3 Å². The van der Waals surface area contributed by atoms with Gasteiger partial charge in [0.25, 0.3) is 0 Å². The number of carbonyl (C=O) groups excluding carboxylic acids is 1. The fraction of sp³-hybridized carbons (Fsp3) is 0.200. The van der Waals surface area contributed by atoms with Crippen molar-refractivity contribution in [1.29, 1.82) is 0 Å². The van der Waals surface area contributed by atoms with Gasteiger partial charge in [0.2, 0.25) is 0 Å². The highest BCUT2D eigenvalue weighted by molar-refractivity contribution is 7.19. The third-order valence-electron chi connectivity index (χ3n) is 3.46. The van der Waals surface area contributed by atoms with Crippen molar-refractivity contribution >= 4 is 34.2 Å². The third-order valence-corrected chi connectivity index (χ3v) is 4.77. The number of rotatable bonds is 3. The average molecular weight is 405 g/mol. The van der Waals surface area contributed by atoms with Gasteiger partial charge in [-0.05, 0) is 44.5 Å². The first-order valence-electron chi connectivity index (χ1n) is 8.24. The molecule has 2 aromatic carbocycles. The van der Waals surface area contributed by atoms with Crippen LogP contribution in [0.1, 0.15) is 20.8 Å². The zero-order valence-corrected chi connectivity index (χ0v) is 16.6. The molecule has 0 fully saturated rings. The Kier molecular flexibility index (Phi) is 5.48. The number of amides is 1. The van der Waals surface area contributed by atoms with E-state index < -0.39 is 17.5 Å². The molecule has 0 spiro atoms. The number of nitrogens with zero attached hydrogens (tertiary/aromatic N) is 1. The minimum Gasteiger partial charge on any atom is -0.444 e. The number of hydrogen-bond acceptors (Lipinski definition) is 4. The number of anilines is 1. The lowest BCUT2D eigenvalue weighted by molar-refractivity contribution is 0.0636. The summed E-state index contributed by atoms with van der Waals surface area (Å²) < 4.78 is 18.8. The molecule has 0 saturated carbocycles. The lowest BCUT2D eigenvalue weighted by Crippen LogP contribution is -2.27. The van der Waals surface area contributed by atoms with E-state index in [0.29, 0.717) is 16.4 Å². The maximum Gasteiger partial charge on any atom is 0.413 e. The summed E-state index contributed by atoms with van der Waals surface area (Å²) in [6.07, 6.45) is -0.584. The predicted molar refractivity (Wildman–Crippen MR) is 108 cm³/mol. The van der Waals surface area contributed by atoms with Crippen LogP contribution in [-0.2, 0) is 4.74 Å². The Bertz CT molecular complexity index is 968. The molecule has 140 valence electrons. The van der Waals surface area contributed by atoms with Gasteiger partial charge in [-0.2, -0.15) is 0 Å². The molecule has 1 heterocycles. The van der Waals surface area contributed by atoms with E-state index in [9.17, 15) is 9.18 Å². The molecule has 1 N–H and O–H groups in total. The maximum atomic E-state index is 13.5. The molecule has 0 atom stereocenters. The molecule has 27 heavy (non-hydrogen) atoms. The van der Waals surface area contributed by atoms with E-state index in [1.807, 2.05) is 30.3 Å². The summed E-state index contributed by atoms with van der Waals surface area (Å²) in [5, 5.41) is 3.07. The van der Waals surface area contributed by atoms with Crippen LogP contribution in [0.3, 0.4) is 0 Å². The Morgan fingerprint density at radius 2 is 1.85 bits per heavy atom. The SMILES string of the molecule is CC(C)(C)OC(=O)Nc1nc(-c2ccc(F)c(Cl)c2)c(-c2ccccc2)s1. The smallest absolute Gasteiger partial charge is 0.413 e. The molecule has 0 unspecified atom stereocenters. The van der Waals surface area contributed by atoms with Crippen LogP contribution in [-0.4, -0.2) is 16.7 Å². The van der Waals surface area contributed by atoms with Gasteiger partial charge in [-0.25, -0.2) is 14.2 Å². The van der Waals surface area contributed by atoms with Crippen LogP contribution in [0.15, 0.2) is 48.5 Å². The van der Waals surface area contributed by atoms with Crippen LogP contribution < -0.4 is 5.32 Å². The minimum atomic E-state index is -0.614. The zero-order valence-electron chi connectivity index (χ0n) is 15.0. The van der Waals surface area contributed by atoms with E-state index in [0.717, 1.165) is 10.4 Å². The minimum absolute atomic E-state index is 0.0150. The average Bonchev–Trinajstić information content (AvgIpc) is 3.00. The monoisotopic (exact) mass is 404 g/mol. The van der Waals surface area contributed by atoms with Crippen LogP contribution in [0.5, 0.6) is 0 Å². The molecule has 0 aliphatic rings. The van der Waals surface area contributed by atoms with Crippen molar-refractivity contribution in [2.75, 3.05) is 5.32 Å². The molecular weight excluding hydrogens is 387 g/mol. The Balaban J connectivity index is 2.01. The Labute approximate surface area is 166 Å². The highest BCUT2D eigenvalue weighted by Crippen LogP contribution is 2.39. The van der Waals surface area contributed by atoms with Crippen LogP contribution >= 0.6 is 22.9 Å². The molecule has 0 bridgehead atoms. The summed E-state index contributed by atoms with van der Waals surface area (Å²) in [5.74, 6) is -0.496. The van der Waals surface area contributed by atoms with E-state index >= 15 is 0 Å². The summed E-state index contributed by atoms with van der Waals surface area (Å²) in [4.78, 5) is 17.4. The van der Waals surface area contributed by atoms with Gasteiger partial charge in [0.1, 0.15) is 11.4 Å². The molecule has 1 amide bonds. The normalized spacial score (nSPS) is 11.3. The number of carbonyl (C=O) groups is 1. The van der Waals surface area contributed by atoms with Crippen molar-refractivity contribution in [1.82, 2.24) is 4.98 Å². The Morgan fingerprint density at radius 1 is 1.15 bits per heavy atom. The van der Waals surface area contributed by atoms with Crippen LogP contribution in [0.25, 0.3) is 21.7 Å². The lowest BCUT2D eigenvalue weighted by Gasteiger charge is -2.18. The largest absolute Gasteiger partial charge is 0.444 e. The van der Waals surface area contributed by atoms with Crippen molar-refractivity contribution in [3.8, 4) is 21.7 Å². The molecule has 0 radical (unpaired) electrons. The van der Waals surface area contributed by atoms with Gasteiger partial charge in [-0.1, -0.05) is 53.3 Å². The Hall–Kier alpha value is -2.44. The van der Waals surface area contributed by atoms with Crippen molar-refractivity contribution < 1.29 is 13.9 Å².